The molecule has 0 heterocycles. The maximum absolute atomic E-state index is 12.4. The lowest BCUT2D eigenvalue weighted by Crippen LogP contribution is -2.23. The Labute approximate surface area is 62.8 Å². The molecule has 0 aromatic rings. The molecule has 1 heteroatoms. The molecule has 0 aliphatic heterocycles. The molecule has 1 saturated carbocycles. The van der Waals surface area contributed by atoms with Gasteiger partial charge in [-0.3, -0.25) is 4.39 Å². The summed E-state index contributed by atoms with van der Waals surface area (Å²) in [5, 5.41) is 0. The number of rotatable bonds is 2. The van der Waals surface area contributed by atoms with Gasteiger partial charge in [0.05, 0.1) is 6.67 Å². The standard InChI is InChI=1S/C9H17F/c1-9(2,3)8(6-10)7-4-5-7/h7-8H,4-6H2,1-3H3. The van der Waals surface area contributed by atoms with Gasteiger partial charge in [-0.05, 0) is 30.1 Å². The summed E-state index contributed by atoms with van der Waals surface area (Å²) in [5.74, 6) is 1.01. The lowest BCUT2D eigenvalue weighted by molar-refractivity contribution is 0.166. The number of hydrogen-bond donors (Lipinski definition) is 0. The molecule has 0 amide bonds. The zero-order valence-electron chi connectivity index (χ0n) is 7.15. The lowest BCUT2D eigenvalue weighted by atomic mass is 9.78. The van der Waals surface area contributed by atoms with Gasteiger partial charge in [0.15, 0.2) is 0 Å². The number of hydrogen-bond acceptors (Lipinski definition) is 0. The predicted molar refractivity (Wildman–Crippen MR) is 41.6 cm³/mol. The van der Waals surface area contributed by atoms with Gasteiger partial charge in [0.2, 0.25) is 0 Å². The highest BCUT2D eigenvalue weighted by atomic mass is 19.1. The largest absolute Gasteiger partial charge is 0.251 e. The molecule has 1 fully saturated rings. The summed E-state index contributed by atoms with van der Waals surface area (Å²) >= 11 is 0. The molecule has 0 spiro atoms. The second-order valence-electron chi connectivity index (χ2n) is 4.46. The van der Waals surface area contributed by atoms with Crippen LogP contribution >= 0.6 is 0 Å². The molecule has 1 rings (SSSR count). The van der Waals surface area contributed by atoms with Gasteiger partial charge in [-0.1, -0.05) is 20.8 Å². The molecule has 60 valence electrons. The van der Waals surface area contributed by atoms with Gasteiger partial charge in [0.1, 0.15) is 0 Å². The van der Waals surface area contributed by atoms with Crippen molar-refractivity contribution in [2.45, 2.75) is 33.6 Å². The van der Waals surface area contributed by atoms with E-state index in [1.807, 2.05) is 0 Å². The molecule has 10 heavy (non-hydrogen) atoms. The minimum Gasteiger partial charge on any atom is -0.251 e. The first-order valence-electron chi connectivity index (χ1n) is 4.11. The molecule has 0 aromatic heterocycles. The van der Waals surface area contributed by atoms with Gasteiger partial charge in [-0.25, -0.2) is 0 Å². The van der Waals surface area contributed by atoms with E-state index in [4.69, 9.17) is 0 Å². The van der Waals surface area contributed by atoms with Gasteiger partial charge in [-0.2, -0.15) is 0 Å². The van der Waals surface area contributed by atoms with Crippen molar-refractivity contribution in [2.75, 3.05) is 6.67 Å². The van der Waals surface area contributed by atoms with Crippen molar-refractivity contribution in [3.8, 4) is 0 Å². The normalized spacial score (nSPS) is 22.8. The van der Waals surface area contributed by atoms with Gasteiger partial charge >= 0.3 is 0 Å². The second kappa shape index (κ2) is 2.52. The van der Waals surface area contributed by atoms with E-state index < -0.39 is 0 Å². The first kappa shape index (κ1) is 8.03. The summed E-state index contributed by atoms with van der Waals surface area (Å²) in [7, 11) is 0. The van der Waals surface area contributed by atoms with Crippen molar-refractivity contribution in [3.05, 3.63) is 0 Å². The van der Waals surface area contributed by atoms with Gasteiger partial charge in [-0.15, -0.1) is 0 Å². The Morgan fingerprint density at radius 2 is 1.90 bits per heavy atom. The van der Waals surface area contributed by atoms with Crippen LogP contribution in [0.15, 0.2) is 0 Å². The first-order valence-corrected chi connectivity index (χ1v) is 4.11. The molecule has 0 radical (unpaired) electrons. The van der Waals surface area contributed by atoms with Crippen LogP contribution in [0.25, 0.3) is 0 Å². The summed E-state index contributed by atoms with van der Waals surface area (Å²) in [6, 6.07) is 0. The second-order valence-corrected chi connectivity index (χ2v) is 4.46. The van der Waals surface area contributed by atoms with Gasteiger partial charge in [0, 0.05) is 0 Å². The maximum Gasteiger partial charge on any atom is 0.0930 e. The van der Waals surface area contributed by atoms with Crippen LogP contribution in [-0.2, 0) is 0 Å². The van der Waals surface area contributed by atoms with Crippen LogP contribution in [0.4, 0.5) is 4.39 Å². The van der Waals surface area contributed by atoms with Gasteiger partial charge < -0.3 is 0 Å². The third kappa shape index (κ3) is 1.71. The molecule has 1 aliphatic rings. The SMILES string of the molecule is CC(C)(C)C(CF)C1CC1. The van der Waals surface area contributed by atoms with Crippen molar-refractivity contribution in [1.29, 1.82) is 0 Å². The van der Waals surface area contributed by atoms with E-state index in [9.17, 15) is 4.39 Å². The molecule has 0 bridgehead atoms. The fourth-order valence-electron chi connectivity index (χ4n) is 1.56. The van der Waals surface area contributed by atoms with Crippen molar-refractivity contribution < 1.29 is 4.39 Å². The summed E-state index contributed by atoms with van der Waals surface area (Å²) in [6.45, 7) is 6.27. The zero-order chi connectivity index (χ0) is 7.78. The molecular formula is C9H17F. The quantitative estimate of drug-likeness (QED) is 0.559. The molecule has 0 N–H and O–H groups in total. The third-order valence-electron chi connectivity index (χ3n) is 2.47. The highest BCUT2D eigenvalue weighted by Gasteiger charge is 2.38. The van der Waals surface area contributed by atoms with E-state index in [0.717, 1.165) is 0 Å². The topological polar surface area (TPSA) is 0 Å². The number of halogens is 1. The fourth-order valence-corrected chi connectivity index (χ4v) is 1.56. The Kier molecular flexibility index (Phi) is 2.02. The average molecular weight is 144 g/mol. The molecule has 0 aromatic carbocycles. The summed E-state index contributed by atoms with van der Waals surface area (Å²) in [6.07, 6.45) is 2.51. The fraction of sp³-hybridized carbons (Fsp3) is 1.00. The molecule has 1 atom stereocenters. The van der Waals surface area contributed by atoms with Crippen molar-refractivity contribution >= 4 is 0 Å². The molecule has 1 unspecified atom stereocenters. The Morgan fingerprint density at radius 1 is 1.40 bits per heavy atom. The molecule has 0 nitrogen and oxygen atoms in total. The predicted octanol–water partition coefficient (Wildman–Crippen LogP) is 3.03. The Bertz CT molecular complexity index is 108. The highest BCUT2D eigenvalue weighted by molar-refractivity contribution is 4.87. The maximum atomic E-state index is 12.4. The van der Waals surface area contributed by atoms with E-state index >= 15 is 0 Å². The van der Waals surface area contributed by atoms with Crippen LogP contribution in [0, 0.1) is 17.3 Å². The van der Waals surface area contributed by atoms with E-state index in [0.29, 0.717) is 11.8 Å². The molecular weight excluding hydrogens is 127 g/mol. The lowest BCUT2D eigenvalue weighted by Gasteiger charge is -2.28. The van der Waals surface area contributed by atoms with E-state index in [1.54, 1.807) is 0 Å². The minimum absolute atomic E-state index is 0.131. The zero-order valence-corrected chi connectivity index (χ0v) is 7.15. The number of alkyl halides is 1. The summed E-state index contributed by atoms with van der Waals surface area (Å²) in [5.41, 5.74) is 0.177. The monoisotopic (exact) mass is 144 g/mol. The van der Waals surface area contributed by atoms with Crippen molar-refractivity contribution in [3.63, 3.8) is 0 Å². The Morgan fingerprint density at radius 3 is 2.00 bits per heavy atom. The van der Waals surface area contributed by atoms with Gasteiger partial charge in [0.25, 0.3) is 0 Å². The van der Waals surface area contributed by atoms with Crippen LogP contribution in [0.1, 0.15) is 33.6 Å². The molecule has 1 aliphatic carbocycles. The smallest absolute Gasteiger partial charge is 0.0930 e. The average Bonchev–Trinajstić information content (AvgIpc) is 2.46. The van der Waals surface area contributed by atoms with Crippen molar-refractivity contribution in [1.82, 2.24) is 0 Å². The minimum atomic E-state index is -0.131. The summed E-state index contributed by atoms with van der Waals surface area (Å²) < 4.78 is 12.4. The Balaban J connectivity index is 2.46. The van der Waals surface area contributed by atoms with E-state index in [2.05, 4.69) is 20.8 Å². The Hall–Kier alpha value is -0.0700. The third-order valence-corrected chi connectivity index (χ3v) is 2.47. The summed E-state index contributed by atoms with van der Waals surface area (Å²) in [4.78, 5) is 0. The van der Waals surface area contributed by atoms with Crippen LogP contribution < -0.4 is 0 Å². The van der Waals surface area contributed by atoms with Crippen LogP contribution in [0.3, 0.4) is 0 Å². The van der Waals surface area contributed by atoms with Crippen LogP contribution in [0.5, 0.6) is 0 Å². The molecule has 0 saturated heterocycles. The van der Waals surface area contributed by atoms with Crippen LogP contribution in [0.2, 0.25) is 0 Å². The first-order chi connectivity index (χ1) is 4.55. The van der Waals surface area contributed by atoms with E-state index in [1.165, 1.54) is 12.8 Å². The van der Waals surface area contributed by atoms with Crippen LogP contribution in [-0.4, -0.2) is 6.67 Å². The highest BCUT2D eigenvalue weighted by Crippen LogP contribution is 2.45. The van der Waals surface area contributed by atoms with E-state index in [-0.39, 0.29) is 12.1 Å². The van der Waals surface area contributed by atoms with Crippen molar-refractivity contribution in [2.24, 2.45) is 17.3 Å².